The van der Waals surface area contributed by atoms with Gasteiger partial charge in [0.2, 0.25) is 0 Å². The van der Waals surface area contributed by atoms with E-state index in [9.17, 15) is 4.79 Å². The molecular weight excluding hydrogens is 346 g/mol. The van der Waals surface area contributed by atoms with Crippen molar-refractivity contribution in [3.8, 4) is 0 Å². The van der Waals surface area contributed by atoms with Crippen molar-refractivity contribution in [1.82, 2.24) is 10.3 Å². The number of amides is 1. The zero-order chi connectivity index (χ0) is 18.2. The van der Waals surface area contributed by atoms with Crippen LogP contribution in [0.5, 0.6) is 0 Å². The number of nitrogens with zero attached hydrogens (tertiary/aromatic N) is 1. The molecule has 0 saturated heterocycles. The molecule has 1 aliphatic carbocycles. The third-order valence-corrected chi connectivity index (χ3v) is 4.77. The molecule has 0 bridgehead atoms. The second kappa shape index (κ2) is 9.39. The third kappa shape index (κ3) is 5.60. The number of aromatic nitrogens is 1. The average Bonchev–Trinajstić information content (AvgIpc) is 2.69. The molecule has 0 fully saturated rings. The number of benzene rings is 1. The molecule has 1 aliphatic rings. The zero-order valence-electron chi connectivity index (χ0n) is 14.8. The predicted octanol–water partition coefficient (Wildman–Crippen LogP) is 4.97. The van der Waals surface area contributed by atoms with Gasteiger partial charge in [-0.25, -0.2) is 4.98 Å². The summed E-state index contributed by atoms with van der Waals surface area (Å²) in [5.41, 5.74) is 3.92. The Hall–Kier alpha value is -2.33. The maximum absolute atomic E-state index is 12.2. The van der Waals surface area contributed by atoms with Gasteiger partial charge in [-0.1, -0.05) is 35.4 Å². The molecule has 3 rings (SSSR count). The fourth-order valence-corrected chi connectivity index (χ4v) is 3.12. The first-order chi connectivity index (χ1) is 12.7. The fraction of sp³-hybridized carbons (Fsp3) is 0.333. The highest BCUT2D eigenvalue weighted by molar-refractivity contribution is 6.30. The van der Waals surface area contributed by atoms with Crippen LogP contribution in [0.25, 0.3) is 0 Å². The van der Waals surface area contributed by atoms with E-state index in [1.54, 1.807) is 12.3 Å². The highest BCUT2D eigenvalue weighted by Crippen LogP contribution is 2.19. The number of nitrogens with one attached hydrogen (secondary N) is 2. The number of rotatable bonds is 7. The number of anilines is 1. The summed E-state index contributed by atoms with van der Waals surface area (Å²) < 4.78 is 0. The van der Waals surface area contributed by atoms with Crippen molar-refractivity contribution in [2.45, 2.75) is 38.6 Å². The number of hydrogen-bond acceptors (Lipinski definition) is 3. The van der Waals surface area contributed by atoms with Gasteiger partial charge in [0.1, 0.15) is 5.69 Å². The van der Waals surface area contributed by atoms with Crippen LogP contribution >= 0.6 is 11.6 Å². The lowest BCUT2D eigenvalue weighted by Crippen LogP contribution is -2.25. The van der Waals surface area contributed by atoms with Gasteiger partial charge in [-0.3, -0.25) is 4.79 Å². The summed E-state index contributed by atoms with van der Waals surface area (Å²) in [6.45, 7) is 1.35. The Balaban J connectivity index is 1.44. The van der Waals surface area contributed by atoms with Gasteiger partial charge in [0, 0.05) is 18.1 Å². The van der Waals surface area contributed by atoms with E-state index in [-0.39, 0.29) is 5.91 Å². The van der Waals surface area contributed by atoms with Gasteiger partial charge >= 0.3 is 0 Å². The van der Waals surface area contributed by atoms with Gasteiger partial charge in [-0.2, -0.15) is 0 Å². The van der Waals surface area contributed by atoms with Gasteiger partial charge < -0.3 is 10.6 Å². The highest BCUT2D eigenvalue weighted by atomic mass is 35.5. The standard InChI is InChI=1S/C21H24ClN3O/c22-18-8-6-17(7-9-18)14-24-19-10-11-20(25-15-19)21(26)23-13-12-16-4-2-1-3-5-16/h4,6-11,15,24H,1-3,5,12-14H2,(H,23,26). The SMILES string of the molecule is O=C(NCCC1=CCCCC1)c1ccc(NCc2ccc(Cl)cc2)cn1. The van der Waals surface area contributed by atoms with Crippen LogP contribution in [-0.2, 0) is 6.54 Å². The van der Waals surface area contributed by atoms with Crippen LogP contribution in [0, 0.1) is 0 Å². The van der Waals surface area contributed by atoms with Crippen LogP contribution in [0.2, 0.25) is 5.02 Å². The van der Waals surface area contributed by atoms with Gasteiger partial charge in [0.15, 0.2) is 0 Å². The van der Waals surface area contributed by atoms with Gasteiger partial charge in [0.05, 0.1) is 11.9 Å². The Kier molecular flexibility index (Phi) is 6.67. The average molecular weight is 370 g/mol. The topological polar surface area (TPSA) is 54.0 Å². The maximum Gasteiger partial charge on any atom is 0.269 e. The Morgan fingerprint density at radius 2 is 1.96 bits per heavy atom. The van der Waals surface area contributed by atoms with Crippen molar-refractivity contribution in [1.29, 1.82) is 0 Å². The van der Waals surface area contributed by atoms with Crippen LogP contribution in [0.1, 0.15) is 48.2 Å². The quantitative estimate of drug-likeness (QED) is 0.677. The molecule has 1 aromatic heterocycles. The highest BCUT2D eigenvalue weighted by Gasteiger charge is 2.08. The summed E-state index contributed by atoms with van der Waals surface area (Å²) in [5.74, 6) is -0.120. The van der Waals surface area contributed by atoms with Gasteiger partial charge in [-0.05, 0) is 61.9 Å². The first-order valence-corrected chi connectivity index (χ1v) is 9.49. The summed E-state index contributed by atoms with van der Waals surface area (Å²) in [7, 11) is 0. The first-order valence-electron chi connectivity index (χ1n) is 9.11. The molecule has 0 unspecified atom stereocenters. The molecule has 2 N–H and O–H groups in total. The molecule has 5 heteroatoms. The van der Waals surface area contributed by atoms with E-state index in [2.05, 4.69) is 21.7 Å². The van der Waals surface area contributed by atoms with Crippen molar-refractivity contribution in [2.24, 2.45) is 0 Å². The third-order valence-electron chi connectivity index (χ3n) is 4.52. The van der Waals surface area contributed by atoms with Gasteiger partial charge in [0.25, 0.3) is 5.91 Å². The number of carbonyl (C=O) groups is 1. The Morgan fingerprint density at radius 3 is 2.65 bits per heavy atom. The van der Waals surface area contributed by atoms with Crippen LogP contribution < -0.4 is 10.6 Å². The fourth-order valence-electron chi connectivity index (χ4n) is 3.00. The molecule has 0 spiro atoms. The first kappa shape index (κ1) is 18.5. The minimum atomic E-state index is -0.120. The number of allylic oxidation sites excluding steroid dienone is 1. The summed E-state index contributed by atoms with van der Waals surface area (Å²) in [6.07, 6.45) is 9.84. The lowest BCUT2D eigenvalue weighted by molar-refractivity contribution is 0.0949. The molecule has 26 heavy (non-hydrogen) atoms. The van der Waals surface area contributed by atoms with E-state index < -0.39 is 0 Å². The van der Waals surface area contributed by atoms with Crippen molar-refractivity contribution in [2.75, 3.05) is 11.9 Å². The normalized spacial score (nSPS) is 13.8. The van der Waals surface area contributed by atoms with E-state index in [1.807, 2.05) is 30.3 Å². The van der Waals surface area contributed by atoms with Crippen molar-refractivity contribution >= 4 is 23.2 Å². The summed E-state index contributed by atoms with van der Waals surface area (Å²) in [5, 5.41) is 6.97. The Bertz CT molecular complexity index is 754. The minimum absolute atomic E-state index is 0.120. The predicted molar refractivity (Wildman–Crippen MR) is 107 cm³/mol. The number of pyridine rings is 1. The summed E-state index contributed by atoms with van der Waals surface area (Å²) >= 11 is 5.88. The molecular formula is C21H24ClN3O. The Morgan fingerprint density at radius 1 is 1.12 bits per heavy atom. The Labute approximate surface area is 159 Å². The van der Waals surface area contributed by atoms with E-state index in [0.29, 0.717) is 18.8 Å². The van der Waals surface area contributed by atoms with E-state index in [1.165, 1.54) is 31.3 Å². The molecule has 136 valence electrons. The number of hydrogen-bond donors (Lipinski definition) is 2. The second-order valence-electron chi connectivity index (χ2n) is 6.53. The number of carbonyl (C=O) groups excluding carboxylic acids is 1. The smallest absolute Gasteiger partial charge is 0.269 e. The maximum atomic E-state index is 12.2. The molecule has 4 nitrogen and oxygen atoms in total. The van der Waals surface area contributed by atoms with Crippen LogP contribution in [0.4, 0.5) is 5.69 Å². The monoisotopic (exact) mass is 369 g/mol. The molecule has 0 radical (unpaired) electrons. The molecule has 0 aliphatic heterocycles. The molecule has 2 aromatic rings. The zero-order valence-corrected chi connectivity index (χ0v) is 15.6. The minimum Gasteiger partial charge on any atom is -0.380 e. The molecule has 1 aromatic carbocycles. The van der Waals surface area contributed by atoms with E-state index in [4.69, 9.17) is 11.6 Å². The van der Waals surface area contributed by atoms with Crippen molar-refractivity contribution in [3.63, 3.8) is 0 Å². The summed E-state index contributed by atoms with van der Waals surface area (Å²) in [6, 6.07) is 11.3. The largest absolute Gasteiger partial charge is 0.380 e. The van der Waals surface area contributed by atoms with Gasteiger partial charge in [-0.15, -0.1) is 0 Å². The van der Waals surface area contributed by atoms with Crippen LogP contribution in [0.15, 0.2) is 54.2 Å². The molecule has 1 amide bonds. The molecule has 1 heterocycles. The van der Waals surface area contributed by atoms with E-state index in [0.717, 1.165) is 22.7 Å². The lowest BCUT2D eigenvalue weighted by Gasteiger charge is -2.13. The van der Waals surface area contributed by atoms with Crippen molar-refractivity contribution in [3.05, 3.63) is 70.5 Å². The molecule has 0 atom stereocenters. The summed E-state index contributed by atoms with van der Waals surface area (Å²) in [4.78, 5) is 16.4. The lowest BCUT2D eigenvalue weighted by atomic mass is 9.97. The molecule has 0 saturated carbocycles. The van der Waals surface area contributed by atoms with Crippen molar-refractivity contribution < 1.29 is 4.79 Å². The number of halogens is 1. The van der Waals surface area contributed by atoms with Crippen LogP contribution in [-0.4, -0.2) is 17.4 Å². The second-order valence-corrected chi connectivity index (χ2v) is 6.96. The van der Waals surface area contributed by atoms with Crippen LogP contribution in [0.3, 0.4) is 0 Å². The van der Waals surface area contributed by atoms with E-state index >= 15 is 0 Å².